The summed E-state index contributed by atoms with van der Waals surface area (Å²) < 4.78 is 7.53. The summed E-state index contributed by atoms with van der Waals surface area (Å²) in [6.07, 6.45) is 3.21. The van der Waals surface area contributed by atoms with E-state index in [2.05, 4.69) is 45.8 Å². The van der Waals surface area contributed by atoms with Crippen LogP contribution in [0.25, 0.3) is 0 Å². The minimum absolute atomic E-state index is 0.150. The number of aliphatic imine (C=N–C) groups is 1. The van der Waals surface area contributed by atoms with Gasteiger partial charge >= 0.3 is 0 Å². The lowest BCUT2D eigenvalue weighted by Crippen LogP contribution is -2.44. The second-order valence-corrected chi connectivity index (χ2v) is 8.95. The van der Waals surface area contributed by atoms with Gasteiger partial charge in [-0.05, 0) is 40.0 Å². The number of thioether (sulfide) groups is 1. The second-order valence-electron chi connectivity index (χ2n) is 7.44. The summed E-state index contributed by atoms with van der Waals surface area (Å²) in [7, 11) is 1.97. The molecule has 27 heavy (non-hydrogen) atoms. The Morgan fingerprint density at radius 1 is 1.26 bits per heavy atom. The molecule has 0 amide bonds. The number of aromatic nitrogens is 3. The van der Waals surface area contributed by atoms with Crippen molar-refractivity contribution >= 4 is 17.7 Å². The Kier molecular flexibility index (Phi) is 8.85. The van der Waals surface area contributed by atoms with Crippen LogP contribution >= 0.6 is 11.8 Å². The average molecular weight is 398 g/mol. The van der Waals surface area contributed by atoms with Gasteiger partial charge in [-0.25, -0.2) is 4.99 Å². The Morgan fingerprint density at radius 3 is 2.63 bits per heavy atom. The van der Waals surface area contributed by atoms with Gasteiger partial charge in [-0.1, -0.05) is 0 Å². The van der Waals surface area contributed by atoms with E-state index in [0.717, 1.165) is 70.0 Å². The minimum Gasteiger partial charge on any atom is -0.379 e. The van der Waals surface area contributed by atoms with E-state index < -0.39 is 0 Å². The maximum atomic E-state index is 5.40. The molecule has 1 fully saturated rings. The highest BCUT2D eigenvalue weighted by molar-refractivity contribution is 7.99. The Balaban J connectivity index is 1.85. The smallest absolute Gasteiger partial charge is 0.191 e. The first-order valence-corrected chi connectivity index (χ1v) is 10.9. The highest BCUT2D eigenvalue weighted by Gasteiger charge is 2.16. The standard InChI is InChI=1S/C18H35N7OS/c1-15-22-23-16(24(15)4)13-20-17(21-14-18(2,3)27-5)19-7-6-8-25-9-11-26-12-10-25/h6-14H2,1-5H3,(H2,19,20,21). The lowest BCUT2D eigenvalue weighted by Gasteiger charge is -2.27. The van der Waals surface area contributed by atoms with Crippen LogP contribution in [0.1, 0.15) is 31.9 Å². The molecule has 0 radical (unpaired) electrons. The van der Waals surface area contributed by atoms with Crippen LogP contribution < -0.4 is 10.6 Å². The van der Waals surface area contributed by atoms with Crippen LogP contribution in [0, 0.1) is 6.92 Å². The van der Waals surface area contributed by atoms with E-state index in [4.69, 9.17) is 9.73 Å². The summed E-state index contributed by atoms with van der Waals surface area (Å²) in [5, 5.41) is 15.2. The highest BCUT2D eigenvalue weighted by atomic mass is 32.2. The maximum absolute atomic E-state index is 5.40. The van der Waals surface area contributed by atoms with Crippen molar-refractivity contribution in [1.29, 1.82) is 0 Å². The van der Waals surface area contributed by atoms with Crippen molar-refractivity contribution in [2.24, 2.45) is 12.0 Å². The van der Waals surface area contributed by atoms with Crippen LogP contribution in [0.3, 0.4) is 0 Å². The topological polar surface area (TPSA) is 79.6 Å². The molecule has 1 aromatic heterocycles. The van der Waals surface area contributed by atoms with Gasteiger partial charge in [0.2, 0.25) is 0 Å². The van der Waals surface area contributed by atoms with Crippen molar-refractivity contribution in [2.45, 2.75) is 38.5 Å². The number of hydrogen-bond acceptors (Lipinski definition) is 6. The molecule has 0 saturated carbocycles. The van der Waals surface area contributed by atoms with Gasteiger partial charge in [0.15, 0.2) is 11.8 Å². The molecule has 0 aromatic carbocycles. The molecule has 1 saturated heterocycles. The van der Waals surface area contributed by atoms with Crippen LogP contribution in [0.5, 0.6) is 0 Å². The molecule has 2 rings (SSSR count). The Labute approximate surface area is 167 Å². The number of guanidine groups is 1. The van der Waals surface area contributed by atoms with Crippen molar-refractivity contribution in [3.05, 3.63) is 11.6 Å². The molecule has 154 valence electrons. The number of nitrogens with zero attached hydrogens (tertiary/aromatic N) is 5. The third kappa shape index (κ3) is 7.67. The fourth-order valence-electron chi connectivity index (χ4n) is 2.62. The zero-order valence-electron chi connectivity index (χ0n) is 17.4. The van der Waals surface area contributed by atoms with Crippen LogP contribution in [-0.2, 0) is 18.3 Å². The number of rotatable bonds is 9. The van der Waals surface area contributed by atoms with Crippen LogP contribution in [0.15, 0.2) is 4.99 Å². The zero-order valence-corrected chi connectivity index (χ0v) is 18.2. The largest absolute Gasteiger partial charge is 0.379 e. The first-order valence-electron chi connectivity index (χ1n) is 9.63. The quantitative estimate of drug-likeness (QED) is 0.366. The van der Waals surface area contributed by atoms with Gasteiger partial charge in [-0.15, -0.1) is 10.2 Å². The van der Waals surface area contributed by atoms with Crippen molar-refractivity contribution in [3.63, 3.8) is 0 Å². The van der Waals surface area contributed by atoms with E-state index in [1.807, 2.05) is 30.3 Å². The van der Waals surface area contributed by atoms with Gasteiger partial charge in [0.25, 0.3) is 0 Å². The molecular formula is C18H35N7OS. The van der Waals surface area contributed by atoms with Crippen LogP contribution in [-0.4, -0.2) is 82.6 Å². The predicted octanol–water partition coefficient (Wildman–Crippen LogP) is 1.02. The lowest BCUT2D eigenvalue weighted by atomic mass is 10.2. The maximum Gasteiger partial charge on any atom is 0.191 e. The summed E-state index contributed by atoms with van der Waals surface area (Å²) in [6, 6.07) is 0. The number of morpholine rings is 1. The SMILES string of the molecule is CSC(C)(C)CNC(=NCc1nnc(C)n1C)NCCCN1CCOCC1. The monoisotopic (exact) mass is 397 g/mol. The summed E-state index contributed by atoms with van der Waals surface area (Å²) in [5.41, 5.74) is 0. The molecule has 1 aromatic rings. The highest BCUT2D eigenvalue weighted by Crippen LogP contribution is 2.19. The molecule has 0 aliphatic carbocycles. The number of hydrogen-bond donors (Lipinski definition) is 2. The second kappa shape index (κ2) is 10.9. The number of nitrogens with one attached hydrogen (secondary N) is 2. The van der Waals surface area contributed by atoms with Crippen molar-refractivity contribution in [3.8, 4) is 0 Å². The van der Waals surface area contributed by atoms with E-state index in [-0.39, 0.29) is 4.75 Å². The fourth-order valence-corrected chi connectivity index (χ4v) is 2.83. The fraction of sp³-hybridized carbons (Fsp3) is 0.833. The Morgan fingerprint density at radius 2 is 2.00 bits per heavy atom. The summed E-state index contributed by atoms with van der Waals surface area (Å²) >= 11 is 1.85. The van der Waals surface area contributed by atoms with E-state index in [9.17, 15) is 0 Å². The molecule has 2 heterocycles. The molecule has 1 aliphatic rings. The van der Waals surface area contributed by atoms with Gasteiger partial charge in [0, 0.05) is 38.0 Å². The van der Waals surface area contributed by atoms with Crippen LogP contribution in [0.4, 0.5) is 0 Å². The third-order valence-electron chi connectivity index (χ3n) is 4.84. The molecule has 2 N–H and O–H groups in total. The van der Waals surface area contributed by atoms with E-state index in [1.54, 1.807) is 0 Å². The molecule has 0 atom stereocenters. The third-order valence-corrected chi connectivity index (χ3v) is 6.09. The summed E-state index contributed by atoms with van der Waals surface area (Å²) in [6.45, 7) is 13.5. The minimum atomic E-state index is 0.150. The molecule has 8 nitrogen and oxygen atoms in total. The Hall–Kier alpha value is -1.32. The average Bonchev–Trinajstić information content (AvgIpc) is 2.99. The summed E-state index contributed by atoms with van der Waals surface area (Å²) in [4.78, 5) is 7.17. The predicted molar refractivity (Wildman–Crippen MR) is 112 cm³/mol. The Bertz CT molecular complexity index is 597. The van der Waals surface area contributed by atoms with Gasteiger partial charge < -0.3 is 19.9 Å². The number of ether oxygens (including phenoxy) is 1. The molecule has 9 heteroatoms. The molecule has 0 spiro atoms. The normalized spacial score (nSPS) is 16.6. The van der Waals surface area contributed by atoms with E-state index in [1.165, 1.54) is 0 Å². The van der Waals surface area contributed by atoms with Crippen LogP contribution in [0.2, 0.25) is 0 Å². The van der Waals surface area contributed by atoms with Gasteiger partial charge in [0.05, 0.1) is 13.2 Å². The van der Waals surface area contributed by atoms with E-state index in [0.29, 0.717) is 6.54 Å². The first-order chi connectivity index (χ1) is 12.9. The van der Waals surface area contributed by atoms with E-state index >= 15 is 0 Å². The van der Waals surface area contributed by atoms with Gasteiger partial charge in [-0.2, -0.15) is 11.8 Å². The van der Waals surface area contributed by atoms with Crippen molar-refractivity contribution in [1.82, 2.24) is 30.3 Å². The zero-order chi connectivity index (χ0) is 19.7. The molecule has 0 bridgehead atoms. The summed E-state index contributed by atoms with van der Waals surface area (Å²) in [5.74, 6) is 2.60. The van der Waals surface area contributed by atoms with Crippen molar-refractivity contribution in [2.75, 3.05) is 52.2 Å². The van der Waals surface area contributed by atoms with Gasteiger partial charge in [-0.3, -0.25) is 4.90 Å². The lowest BCUT2D eigenvalue weighted by molar-refractivity contribution is 0.0376. The molecule has 1 aliphatic heterocycles. The van der Waals surface area contributed by atoms with Crippen molar-refractivity contribution < 1.29 is 4.74 Å². The molecular weight excluding hydrogens is 362 g/mol. The number of aryl methyl sites for hydroxylation is 1. The first kappa shape index (κ1) is 22.0. The molecule has 0 unspecified atom stereocenters. The van der Waals surface area contributed by atoms with Gasteiger partial charge in [0.1, 0.15) is 12.4 Å².